The molecule has 0 aliphatic rings. The quantitative estimate of drug-likeness (QED) is 0.790. The Bertz CT molecular complexity index is 390. The van der Waals surface area contributed by atoms with Crippen molar-refractivity contribution in [3.8, 4) is 0 Å². The first-order valence-electron chi connectivity index (χ1n) is 6.20. The van der Waals surface area contributed by atoms with E-state index in [1.807, 2.05) is 20.8 Å². The summed E-state index contributed by atoms with van der Waals surface area (Å²) in [7, 11) is 0. The third kappa shape index (κ3) is 4.34. The fourth-order valence-electron chi connectivity index (χ4n) is 1.57. The van der Waals surface area contributed by atoms with Gasteiger partial charge in [0.1, 0.15) is 4.88 Å². The van der Waals surface area contributed by atoms with Crippen molar-refractivity contribution < 1.29 is 9.90 Å². The Labute approximate surface area is 112 Å². The molecule has 0 radical (unpaired) electrons. The molecule has 0 spiro atoms. The van der Waals surface area contributed by atoms with Crippen LogP contribution in [0.3, 0.4) is 0 Å². The van der Waals surface area contributed by atoms with Gasteiger partial charge in [-0.05, 0) is 29.8 Å². The number of aromatic nitrogens is 2. The first kappa shape index (κ1) is 15.0. The molecular formula is C12H21N3O2S. The van der Waals surface area contributed by atoms with Gasteiger partial charge in [0.15, 0.2) is 0 Å². The highest BCUT2D eigenvalue weighted by Crippen LogP contribution is 2.19. The number of carbonyl (C=O) groups is 1. The van der Waals surface area contributed by atoms with E-state index >= 15 is 0 Å². The zero-order valence-corrected chi connectivity index (χ0v) is 12.0. The maximum atomic E-state index is 12.0. The highest BCUT2D eigenvalue weighted by Gasteiger charge is 2.21. The monoisotopic (exact) mass is 271 g/mol. The van der Waals surface area contributed by atoms with Crippen molar-refractivity contribution in [2.75, 3.05) is 13.2 Å². The van der Waals surface area contributed by atoms with Gasteiger partial charge in [0.25, 0.3) is 5.91 Å². The van der Waals surface area contributed by atoms with Gasteiger partial charge in [-0.2, -0.15) is 0 Å². The van der Waals surface area contributed by atoms with Gasteiger partial charge in [0, 0.05) is 13.2 Å². The van der Waals surface area contributed by atoms with Gasteiger partial charge in [-0.15, -0.1) is 5.10 Å². The number of aliphatic hydroxyl groups excluding tert-OH is 1. The molecule has 1 heterocycles. The molecule has 0 fully saturated rings. The summed E-state index contributed by atoms with van der Waals surface area (Å²) in [6, 6.07) is 0. The molecule has 0 aliphatic heterocycles. The highest BCUT2D eigenvalue weighted by molar-refractivity contribution is 7.08. The molecule has 0 saturated carbocycles. The number of hydrogen-bond donors (Lipinski definition) is 2. The third-order valence-corrected chi connectivity index (χ3v) is 3.53. The fraction of sp³-hybridized carbons (Fsp3) is 0.750. The minimum Gasteiger partial charge on any atom is -0.396 e. The number of amides is 1. The number of rotatable bonds is 7. The molecule has 0 unspecified atom stereocenters. The van der Waals surface area contributed by atoms with Crippen LogP contribution in [0.1, 0.15) is 49.0 Å². The maximum absolute atomic E-state index is 12.0. The summed E-state index contributed by atoms with van der Waals surface area (Å²) in [4.78, 5) is 12.6. The molecule has 18 heavy (non-hydrogen) atoms. The van der Waals surface area contributed by atoms with Crippen molar-refractivity contribution in [2.24, 2.45) is 5.41 Å². The van der Waals surface area contributed by atoms with Crippen molar-refractivity contribution in [1.82, 2.24) is 14.9 Å². The summed E-state index contributed by atoms with van der Waals surface area (Å²) < 4.78 is 3.83. The van der Waals surface area contributed by atoms with Gasteiger partial charge < -0.3 is 10.4 Å². The molecule has 6 heteroatoms. The Morgan fingerprint density at radius 2 is 2.22 bits per heavy atom. The van der Waals surface area contributed by atoms with Crippen LogP contribution in [0, 0.1) is 5.41 Å². The topological polar surface area (TPSA) is 75.1 Å². The summed E-state index contributed by atoms with van der Waals surface area (Å²) >= 11 is 1.14. The molecule has 2 N–H and O–H groups in total. The molecule has 102 valence electrons. The molecule has 0 atom stereocenters. The third-order valence-electron chi connectivity index (χ3n) is 2.76. The first-order chi connectivity index (χ1) is 8.50. The lowest BCUT2D eigenvalue weighted by Gasteiger charge is -2.23. The van der Waals surface area contributed by atoms with Crippen molar-refractivity contribution >= 4 is 17.4 Å². The SMILES string of the molecule is CCCc1nnsc1C(=O)NCC(C)(C)CCO. The molecule has 1 rings (SSSR count). The van der Waals surface area contributed by atoms with Crippen LogP contribution < -0.4 is 5.32 Å². The second-order valence-corrected chi connectivity index (χ2v) is 5.87. The van der Waals surface area contributed by atoms with Crippen LogP contribution in [0.4, 0.5) is 0 Å². The van der Waals surface area contributed by atoms with Crippen LogP contribution in [-0.2, 0) is 6.42 Å². The van der Waals surface area contributed by atoms with E-state index in [2.05, 4.69) is 14.9 Å². The second kappa shape index (κ2) is 6.80. The van der Waals surface area contributed by atoms with Crippen LogP contribution in [0.2, 0.25) is 0 Å². The maximum Gasteiger partial charge on any atom is 0.264 e. The number of aryl methyl sites for hydroxylation is 1. The summed E-state index contributed by atoms with van der Waals surface area (Å²) in [5.41, 5.74) is 0.674. The average Bonchev–Trinajstić information content (AvgIpc) is 2.75. The van der Waals surface area contributed by atoms with E-state index in [1.165, 1.54) is 0 Å². The Morgan fingerprint density at radius 1 is 1.50 bits per heavy atom. The standard InChI is InChI=1S/C12H21N3O2S/c1-4-5-9-10(18-15-14-9)11(17)13-8-12(2,3)6-7-16/h16H,4-8H2,1-3H3,(H,13,17). The van der Waals surface area contributed by atoms with Crippen molar-refractivity contribution in [3.05, 3.63) is 10.6 Å². The van der Waals surface area contributed by atoms with Crippen molar-refractivity contribution in [1.29, 1.82) is 0 Å². The van der Waals surface area contributed by atoms with Crippen molar-refractivity contribution in [2.45, 2.75) is 40.0 Å². The lowest BCUT2D eigenvalue weighted by Crippen LogP contribution is -2.34. The molecule has 1 aromatic heterocycles. The average molecular weight is 271 g/mol. The molecule has 0 bridgehead atoms. The van der Waals surface area contributed by atoms with Crippen LogP contribution in [-0.4, -0.2) is 33.8 Å². The van der Waals surface area contributed by atoms with Crippen LogP contribution in [0.15, 0.2) is 0 Å². The zero-order chi connectivity index (χ0) is 13.6. The van der Waals surface area contributed by atoms with Crippen molar-refractivity contribution in [3.63, 3.8) is 0 Å². The van der Waals surface area contributed by atoms with E-state index in [-0.39, 0.29) is 17.9 Å². The minimum absolute atomic E-state index is 0.104. The van der Waals surface area contributed by atoms with E-state index in [9.17, 15) is 4.79 Å². The molecule has 0 saturated heterocycles. The lowest BCUT2D eigenvalue weighted by molar-refractivity contribution is 0.0931. The van der Waals surface area contributed by atoms with Gasteiger partial charge in [-0.1, -0.05) is 31.7 Å². The zero-order valence-electron chi connectivity index (χ0n) is 11.2. The first-order valence-corrected chi connectivity index (χ1v) is 6.98. The molecule has 0 aliphatic carbocycles. The van der Waals surface area contributed by atoms with Gasteiger partial charge in [-0.25, -0.2) is 0 Å². The predicted octanol–water partition coefficient (Wildman–Crippen LogP) is 1.63. The summed E-state index contributed by atoms with van der Waals surface area (Å²) in [5, 5.41) is 15.8. The fourth-order valence-corrected chi connectivity index (χ4v) is 2.20. The minimum atomic E-state index is -0.112. The summed E-state index contributed by atoms with van der Waals surface area (Å²) in [6.07, 6.45) is 2.39. The number of nitrogens with one attached hydrogen (secondary N) is 1. The van der Waals surface area contributed by atoms with Crippen LogP contribution >= 0.6 is 11.5 Å². The Balaban J connectivity index is 2.57. The van der Waals surface area contributed by atoms with Crippen LogP contribution in [0.25, 0.3) is 0 Å². The van der Waals surface area contributed by atoms with Gasteiger partial charge in [0.05, 0.1) is 5.69 Å². The van der Waals surface area contributed by atoms with E-state index < -0.39 is 0 Å². The number of carbonyl (C=O) groups excluding carboxylic acids is 1. The molecule has 0 aromatic carbocycles. The van der Waals surface area contributed by atoms with E-state index in [1.54, 1.807) is 0 Å². The Morgan fingerprint density at radius 3 is 2.83 bits per heavy atom. The largest absolute Gasteiger partial charge is 0.396 e. The van der Waals surface area contributed by atoms with Gasteiger partial charge >= 0.3 is 0 Å². The summed E-state index contributed by atoms with van der Waals surface area (Å²) in [5.74, 6) is -0.112. The Kier molecular flexibility index (Phi) is 5.68. The molecule has 5 nitrogen and oxygen atoms in total. The Hall–Kier alpha value is -1.01. The predicted molar refractivity (Wildman–Crippen MR) is 71.7 cm³/mol. The second-order valence-electron chi connectivity index (χ2n) is 5.12. The van der Waals surface area contributed by atoms with Crippen LogP contribution in [0.5, 0.6) is 0 Å². The number of aliphatic hydroxyl groups is 1. The lowest BCUT2D eigenvalue weighted by atomic mass is 9.90. The van der Waals surface area contributed by atoms with E-state index in [0.29, 0.717) is 17.8 Å². The van der Waals surface area contributed by atoms with Gasteiger partial charge in [0.2, 0.25) is 0 Å². The van der Waals surface area contributed by atoms with Gasteiger partial charge in [-0.3, -0.25) is 4.79 Å². The number of hydrogen-bond acceptors (Lipinski definition) is 5. The van der Waals surface area contributed by atoms with E-state index in [4.69, 9.17) is 5.11 Å². The smallest absolute Gasteiger partial charge is 0.264 e. The normalized spacial score (nSPS) is 11.6. The molecular weight excluding hydrogens is 250 g/mol. The molecule has 1 amide bonds. The summed E-state index contributed by atoms with van der Waals surface area (Å²) in [6.45, 7) is 6.75. The molecule has 1 aromatic rings. The highest BCUT2D eigenvalue weighted by atomic mass is 32.1. The number of nitrogens with zero attached hydrogens (tertiary/aromatic N) is 2. The van der Waals surface area contributed by atoms with E-state index in [0.717, 1.165) is 30.1 Å².